The van der Waals surface area contributed by atoms with Crippen LogP contribution >= 0.6 is 0 Å². The number of hydrogen-bond acceptors (Lipinski definition) is 8. The second kappa shape index (κ2) is 16.7. The van der Waals surface area contributed by atoms with E-state index in [4.69, 9.17) is 5.26 Å². The van der Waals surface area contributed by atoms with Crippen molar-refractivity contribution in [1.29, 1.82) is 5.26 Å². The molecule has 0 spiro atoms. The lowest BCUT2D eigenvalue weighted by Gasteiger charge is -2.30. The van der Waals surface area contributed by atoms with E-state index in [2.05, 4.69) is 19.8 Å². The Hall–Kier alpha value is -3.45. The van der Waals surface area contributed by atoms with Gasteiger partial charge in [-0.05, 0) is 89.7 Å². The summed E-state index contributed by atoms with van der Waals surface area (Å²) in [6.07, 6.45) is 5.51. The van der Waals surface area contributed by atoms with Gasteiger partial charge in [-0.1, -0.05) is 6.42 Å². The first kappa shape index (κ1) is 39.3. The predicted octanol–water partition coefficient (Wildman–Crippen LogP) is 5.43. The van der Waals surface area contributed by atoms with Crippen LogP contribution in [0.2, 0.25) is 0 Å². The number of ketones is 1. The van der Waals surface area contributed by atoms with Crippen molar-refractivity contribution in [3.63, 3.8) is 0 Å². The van der Waals surface area contributed by atoms with Gasteiger partial charge in [-0.2, -0.15) is 23.5 Å². The number of carbonyl (C=O) groups is 2. The van der Waals surface area contributed by atoms with Gasteiger partial charge >= 0.3 is 6.18 Å². The number of nitrogens with one attached hydrogen (secondary N) is 1. The Balaban J connectivity index is 0.000000227. The van der Waals surface area contributed by atoms with E-state index < -0.39 is 38.7 Å². The van der Waals surface area contributed by atoms with E-state index in [1.54, 1.807) is 33.4 Å². The molecular formula is C34H47F4N7O4S. The first-order valence-corrected chi connectivity index (χ1v) is 18.7. The molecule has 0 radical (unpaired) electrons. The van der Waals surface area contributed by atoms with Crippen LogP contribution in [0.5, 0.6) is 0 Å². The molecule has 3 aliphatic rings. The number of pyridine rings is 1. The number of nitriles is 1. The molecule has 276 valence electrons. The molecule has 0 bridgehead atoms. The SMILES string of the molecule is CC(C)(C)S(=O)(=O)NC1CCC(C(=O)Cc2ccc(C(F)(F)F)cn2)CC1.N#C[C@@H]1C[C@H](F)CN1C(=O)CC[C@@H]1CC[C@H](Cn2cncn2)C1. The highest BCUT2D eigenvalue weighted by Gasteiger charge is 2.37. The number of likely N-dealkylation sites (tertiary alicyclic amines) is 1. The number of Topliss-reactive ketones (excluding diaryl/α,β-unsaturated/α-hetero) is 1. The van der Waals surface area contributed by atoms with Crippen LogP contribution in [-0.4, -0.2) is 74.3 Å². The van der Waals surface area contributed by atoms with Crippen molar-refractivity contribution < 1.29 is 35.6 Å². The van der Waals surface area contributed by atoms with Crippen LogP contribution in [0.3, 0.4) is 0 Å². The molecule has 0 aromatic carbocycles. The fourth-order valence-electron chi connectivity index (χ4n) is 6.80. The zero-order valence-electron chi connectivity index (χ0n) is 28.8. The average Bonchev–Trinajstić information content (AvgIpc) is 3.81. The molecule has 5 rings (SSSR count). The molecule has 16 heteroatoms. The molecule has 1 amide bonds. The second-order valence-corrected chi connectivity index (χ2v) is 17.2. The van der Waals surface area contributed by atoms with Crippen molar-refractivity contribution in [2.24, 2.45) is 17.8 Å². The number of halogens is 4. The molecule has 2 aliphatic carbocycles. The summed E-state index contributed by atoms with van der Waals surface area (Å²) in [5, 5.41) is 13.2. The Bertz CT molecular complexity index is 1570. The molecule has 3 fully saturated rings. The molecule has 3 heterocycles. The Morgan fingerprint density at radius 1 is 1.04 bits per heavy atom. The molecule has 2 saturated carbocycles. The van der Waals surface area contributed by atoms with Crippen molar-refractivity contribution in [2.75, 3.05) is 6.54 Å². The molecule has 50 heavy (non-hydrogen) atoms. The van der Waals surface area contributed by atoms with E-state index in [1.165, 1.54) is 11.0 Å². The van der Waals surface area contributed by atoms with Crippen LogP contribution in [0, 0.1) is 29.1 Å². The Kier molecular flexibility index (Phi) is 13.1. The van der Waals surface area contributed by atoms with Gasteiger partial charge in [0.1, 0.15) is 30.7 Å². The van der Waals surface area contributed by atoms with Gasteiger partial charge in [-0.3, -0.25) is 19.3 Å². The number of carbonyl (C=O) groups excluding carboxylic acids is 2. The highest BCUT2D eigenvalue weighted by Crippen LogP contribution is 2.35. The topological polar surface area (TPSA) is 151 Å². The van der Waals surface area contributed by atoms with Crippen molar-refractivity contribution in [2.45, 2.75) is 127 Å². The number of rotatable bonds is 10. The van der Waals surface area contributed by atoms with Crippen molar-refractivity contribution in [1.82, 2.24) is 29.4 Å². The molecule has 2 aromatic rings. The number of amides is 1. The zero-order chi connectivity index (χ0) is 36.7. The van der Waals surface area contributed by atoms with Gasteiger partial charge in [0.25, 0.3) is 0 Å². The van der Waals surface area contributed by atoms with Crippen molar-refractivity contribution >= 4 is 21.7 Å². The van der Waals surface area contributed by atoms with Gasteiger partial charge in [0.2, 0.25) is 15.9 Å². The third-order valence-electron chi connectivity index (χ3n) is 9.87. The normalized spacial score (nSPS) is 25.8. The van der Waals surface area contributed by atoms with Crippen molar-refractivity contribution in [3.8, 4) is 6.07 Å². The summed E-state index contributed by atoms with van der Waals surface area (Å²) in [7, 11) is -3.44. The van der Waals surface area contributed by atoms with E-state index in [9.17, 15) is 35.6 Å². The lowest BCUT2D eigenvalue weighted by Crippen LogP contribution is -2.46. The number of aromatic nitrogens is 4. The average molecular weight is 726 g/mol. The monoisotopic (exact) mass is 725 g/mol. The van der Waals surface area contributed by atoms with Gasteiger partial charge in [0.15, 0.2) is 0 Å². The minimum atomic E-state index is -4.45. The lowest BCUT2D eigenvalue weighted by molar-refractivity contribution is -0.137. The number of alkyl halides is 4. The van der Waals surface area contributed by atoms with Gasteiger partial charge in [-0.15, -0.1) is 0 Å². The van der Waals surface area contributed by atoms with E-state index in [1.807, 2.05) is 10.8 Å². The Labute approximate surface area is 291 Å². The van der Waals surface area contributed by atoms with Gasteiger partial charge in [0.05, 0.1) is 22.9 Å². The minimum Gasteiger partial charge on any atom is -0.324 e. The molecule has 2 aromatic heterocycles. The van der Waals surface area contributed by atoms with E-state index >= 15 is 0 Å². The van der Waals surface area contributed by atoms with Crippen LogP contribution in [0.1, 0.15) is 96.2 Å². The highest BCUT2D eigenvalue weighted by molar-refractivity contribution is 7.90. The van der Waals surface area contributed by atoms with Crippen LogP contribution < -0.4 is 4.72 Å². The number of nitrogens with zero attached hydrogens (tertiary/aromatic N) is 6. The van der Waals surface area contributed by atoms with Gasteiger partial charge in [0, 0.05) is 49.7 Å². The minimum absolute atomic E-state index is 0.0127. The third-order valence-corrected chi connectivity index (χ3v) is 12.1. The maximum Gasteiger partial charge on any atom is 0.417 e. The summed E-state index contributed by atoms with van der Waals surface area (Å²) in [4.78, 5) is 33.8. The fraction of sp³-hybridized carbons (Fsp3) is 0.706. The molecule has 0 unspecified atom stereocenters. The molecule has 11 nitrogen and oxygen atoms in total. The maximum atomic E-state index is 13.4. The standard InChI is InChI=1S/C18H25F3N2O3S.C16H22FN5O/c1-17(2,3)27(25,26)23-14-7-4-12(5-8-14)16(24)10-15-9-6-13(11-22-15)18(19,20)21;17-14-6-15(7-18)22(9-14)16(23)4-3-12-1-2-13(5-12)8-21-11-19-10-20-21/h6,9,11-12,14,23H,4-5,7-8,10H2,1-3H3;10-15H,1-6,8-9H2/t;12-,13-,14-,15-/m.0/s1. The molecular weight excluding hydrogens is 678 g/mol. The highest BCUT2D eigenvalue weighted by atomic mass is 32.2. The molecule has 1 aliphatic heterocycles. The quantitative estimate of drug-likeness (QED) is 0.319. The first-order valence-electron chi connectivity index (χ1n) is 17.2. The molecule has 1 saturated heterocycles. The summed E-state index contributed by atoms with van der Waals surface area (Å²) >= 11 is 0. The Morgan fingerprint density at radius 2 is 1.74 bits per heavy atom. The van der Waals surface area contributed by atoms with Gasteiger partial charge in [-0.25, -0.2) is 22.5 Å². The van der Waals surface area contributed by atoms with Crippen LogP contribution in [0.25, 0.3) is 0 Å². The van der Waals surface area contributed by atoms with Crippen LogP contribution in [0.4, 0.5) is 17.6 Å². The summed E-state index contributed by atoms with van der Waals surface area (Å²) in [5.41, 5.74) is -0.533. The summed E-state index contributed by atoms with van der Waals surface area (Å²) in [6, 6.07) is 3.41. The maximum absolute atomic E-state index is 13.4. The first-order chi connectivity index (χ1) is 23.4. The van der Waals surface area contributed by atoms with Crippen LogP contribution in [-0.2, 0) is 38.8 Å². The molecule has 4 atom stereocenters. The fourth-order valence-corrected chi connectivity index (χ4v) is 7.83. The molecule has 1 N–H and O–H groups in total. The Morgan fingerprint density at radius 3 is 2.32 bits per heavy atom. The third kappa shape index (κ3) is 11.0. The summed E-state index contributed by atoms with van der Waals surface area (Å²) in [6.45, 7) is 5.85. The second-order valence-electron chi connectivity index (χ2n) is 14.7. The van der Waals surface area contributed by atoms with Crippen LogP contribution in [0.15, 0.2) is 31.0 Å². The predicted molar refractivity (Wildman–Crippen MR) is 176 cm³/mol. The summed E-state index contributed by atoms with van der Waals surface area (Å²) in [5.74, 6) is 0.766. The zero-order valence-corrected chi connectivity index (χ0v) is 29.6. The smallest absolute Gasteiger partial charge is 0.324 e. The van der Waals surface area contributed by atoms with E-state index in [0.29, 0.717) is 49.6 Å². The van der Waals surface area contributed by atoms with E-state index in [-0.39, 0.29) is 43.0 Å². The van der Waals surface area contributed by atoms with Gasteiger partial charge < -0.3 is 4.90 Å². The lowest BCUT2D eigenvalue weighted by atomic mass is 9.82. The number of hydrogen-bond donors (Lipinski definition) is 1. The number of sulfonamides is 1. The van der Waals surface area contributed by atoms with E-state index in [0.717, 1.165) is 44.5 Å². The summed E-state index contributed by atoms with van der Waals surface area (Å²) < 4.78 is 79.1. The largest absolute Gasteiger partial charge is 0.417 e. The van der Waals surface area contributed by atoms with Crippen molar-refractivity contribution in [3.05, 3.63) is 42.2 Å².